The largest absolute Gasteiger partial charge is 0.370 e. The zero-order valence-corrected chi connectivity index (χ0v) is 12.4. The maximum atomic E-state index is 12.3. The van der Waals surface area contributed by atoms with Gasteiger partial charge in [0, 0.05) is 23.5 Å². The van der Waals surface area contributed by atoms with Crippen LogP contribution in [0.15, 0.2) is 6.07 Å². The van der Waals surface area contributed by atoms with Gasteiger partial charge in [0.25, 0.3) is 0 Å². The van der Waals surface area contributed by atoms with Crippen LogP contribution in [-0.2, 0) is 11.3 Å². The fourth-order valence-corrected chi connectivity index (χ4v) is 3.07. The van der Waals surface area contributed by atoms with Gasteiger partial charge in [0.15, 0.2) is 5.78 Å². The van der Waals surface area contributed by atoms with Crippen molar-refractivity contribution in [3.63, 3.8) is 0 Å². The van der Waals surface area contributed by atoms with Crippen molar-refractivity contribution >= 4 is 5.78 Å². The van der Waals surface area contributed by atoms with E-state index in [9.17, 15) is 4.79 Å². The molecule has 3 nitrogen and oxygen atoms in total. The molecule has 19 heavy (non-hydrogen) atoms. The van der Waals surface area contributed by atoms with Crippen LogP contribution < -0.4 is 0 Å². The zero-order valence-electron chi connectivity index (χ0n) is 12.4. The Morgan fingerprint density at radius 1 is 1.32 bits per heavy atom. The van der Waals surface area contributed by atoms with E-state index in [1.807, 2.05) is 13.0 Å². The SMILES string of the molecule is CCn1c(C)cc(C(=O)COC2CCCCC2)c1C. The second-order valence-corrected chi connectivity index (χ2v) is 5.52. The molecule has 1 saturated carbocycles. The first-order valence-electron chi connectivity index (χ1n) is 7.45. The molecule has 1 heterocycles. The van der Waals surface area contributed by atoms with E-state index in [0.29, 0.717) is 6.10 Å². The Morgan fingerprint density at radius 2 is 2.00 bits per heavy atom. The van der Waals surface area contributed by atoms with Crippen molar-refractivity contribution in [1.29, 1.82) is 0 Å². The number of ketones is 1. The first kappa shape index (κ1) is 14.3. The topological polar surface area (TPSA) is 31.2 Å². The highest BCUT2D eigenvalue weighted by Gasteiger charge is 2.18. The maximum absolute atomic E-state index is 12.3. The average molecular weight is 263 g/mol. The summed E-state index contributed by atoms with van der Waals surface area (Å²) in [5.41, 5.74) is 3.05. The van der Waals surface area contributed by atoms with Crippen LogP contribution in [0, 0.1) is 13.8 Å². The molecule has 1 aromatic rings. The van der Waals surface area contributed by atoms with Crippen LogP contribution in [0.1, 0.15) is 60.8 Å². The third kappa shape index (κ3) is 3.27. The standard InChI is InChI=1S/C16H25NO2/c1-4-17-12(2)10-15(13(17)3)16(18)11-19-14-8-6-5-7-9-14/h10,14H,4-9,11H2,1-3H3. The monoisotopic (exact) mass is 263 g/mol. The fraction of sp³-hybridized carbons (Fsp3) is 0.688. The Bertz CT molecular complexity index is 442. The molecule has 1 fully saturated rings. The molecule has 0 aliphatic heterocycles. The van der Waals surface area contributed by atoms with E-state index in [-0.39, 0.29) is 12.4 Å². The molecule has 0 radical (unpaired) electrons. The molecule has 0 unspecified atom stereocenters. The summed E-state index contributed by atoms with van der Waals surface area (Å²) in [5.74, 6) is 0.123. The number of ether oxygens (including phenoxy) is 1. The van der Waals surface area contributed by atoms with E-state index < -0.39 is 0 Å². The number of carbonyl (C=O) groups is 1. The van der Waals surface area contributed by atoms with Crippen molar-refractivity contribution < 1.29 is 9.53 Å². The summed E-state index contributed by atoms with van der Waals surface area (Å²) in [4.78, 5) is 12.3. The minimum Gasteiger partial charge on any atom is -0.370 e. The fourth-order valence-electron chi connectivity index (χ4n) is 3.07. The Morgan fingerprint density at radius 3 is 2.58 bits per heavy atom. The van der Waals surface area contributed by atoms with Crippen LogP contribution >= 0.6 is 0 Å². The predicted octanol–water partition coefficient (Wildman–Crippen LogP) is 3.66. The van der Waals surface area contributed by atoms with Gasteiger partial charge in [-0.2, -0.15) is 0 Å². The molecule has 0 aromatic carbocycles. The van der Waals surface area contributed by atoms with Crippen molar-refractivity contribution in [2.45, 2.75) is 65.5 Å². The van der Waals surface area contributed by atoms with Crippen LogP contribution in [0.2, 0.25) is 0 Å². The molecule has 0 bridgehead atoms. The van der Waals surface area contributed by atoms with E-state index in [1.54, 1.807) is 0 Å². The molecular weight excluding hydrogens is 238 g/mol. The number of hydrogen-bond donors (Lipinski definition) is 0. The van der Waals surface area contributed by atoms with Gasteiger partial charge in [0.1, 0.15) is 6.61 Å². The normalized spacial score (nSPS) is 16.8. The average Bonchev–Trinajstić information content (AvgIpc) is 2.72. The molecule has 0 amide bonds. The molecule has 0 atom stereocenters. The molecule has 1 aliphatic carbocycles. The molecule has 2 rings (SSSR count). The highest BCUT2D eigenvalue weighted by Crippen LogP contribution is 2.21. The highest BCUT2D eigenvalue weighted by atomic mass is 16.5. The molecule has 1 aromatic heterocycles. The third-order valence-corrected chi connectivity index (χ3v) is 4.19. The quantitative estimate of drug-likeness (QED) is 0.759. The molecule has 106 valence electrons. The zero-order chi connectivity index (χ0) is 13.8. The number of rotatable bonds is 5. The second kappa shape index (κ2) is 6.38. The van der Waals surface area contributed by atoms with Crippen molar-refractivity contribution in [2.75, 3.05) is 6.61 Å². The van der Waals surface area contributed by atoms with Gasteiger partial charge in [0.05, 0.1) is 6.10 Å². The first-order chi connectivity index (χ1) is 9.13. The summed E-state index contributed by atoms with van der Waals surface area (Å²) in [6.07, 6.45) is 6.31. The lowest BCUT2D eigenvalue weighted by Crippen LogP contribution is -2.21. The molecule has 1 aliphatic rings. The Balaban J connectivity index is 1.96. The van der Waals surface area contributed by atoms with Crippen molar-refractivity contribution in [3.05, 3.63) is 23.0 Å². The molecule has 0 saturated heterocycles. The van der Waals surface area contributed by atoms with Crippen LogP contribution in [0.5, 0.6) is 0 Å². The number of nitrogens with zero attached hydrogens (tertiary/aromatic N) is 1. The van der Waals surface area contributed by atoms with E-state index in [0.717, 1.165) is 36.3 Å². The number of Topliss-reactive ketones (excluding diaryl/α,β-unsaturated/α-hetero) is 1. The minimum atomic E-state index is 0.123. The Labute approximate surface area is 115 Å². The van der Waals surface area contributed by atoms with Gasteiger partial charge < -0.3 is 9.30 Å². The summed E-state index contributed by atoms with van der Waals surface area (Å²) in [7, 11) is 0. The van der Waals surface area contributed by atoms with Crippen molar-refractivity contribution in [3.8, 4) is 0 Å². The summed E-state index contributed by atoms with van der Waals surface area (Å²) in [6.45, 7) is 7.32. The molecular formula is C16H25NO2. The van der Waals surface area contributed by atoms with Gasteiger partial charge in [-0.3, -0.25) is 4.79 Å². The summed E-state index contributed by atoms with van der Waals surface area (Å²) >= 11 is 0. The number of aryl methyl sites for hydroxylation is 1. The van der Waals surface area contributed by atoms with Gasteiger partial charge >= 0.3 is 0 Å². The molecule has 0 spiro atoms. The van der Waals surface area contributed by atoms with Crippen LogP contribution in [0.25, 0.3) is 0 Å². The minimum absolute atomic E-state index is 0.123. The predicted molar refractivity (Wildman–Crippen MR) is 76.7 cm³/mol. The van der Waals surface area contributed by atoms with E-state index in [1.165, 1.54) is 19.3 Å². The van der Waals surface area contributed by atoms with Gasteiger partial charge in [-0.25, -0.2) is 0 Å². The highest BCUT2D eigenvalue weighted by molar-refractivity contribution is 5.98. The Hall–Kier alpha value is -1.09. The molecule has 3 heteroatoms. The maximum Gasteiger partial charge on any atom is 0.190 e. The van der Waals surface area contributed by atoms with Crippen molar-refractivity contribution in [2.24, 2.45) is 0 Å². The summed E-state index contributed by atoms with van der Waals surface area (Å²) < 4.78 is 7.95. The number of hydrogen-bond acceptors (Lipinski definition) is 2. The van der Waals surface area contributed by atoms with Crippen LogP contribution in [-0.4, -0.2) is 23.1 Å². The molecule has 0 N–H and O–H groups in total. The van der Waals surface area contributed by atoms with E-state index >= 15 is 0 Å². The van der Waals surface area contributed by atoms with Crippen LogP contribution in [0.4, 0.5) is 0 Å². The van der Waals surface area contributed by atoms with Gasteiger partial charge in [-0.1, -0.05) is 19.3 Å². The van der Waals surface area contributed by atoms with Crippen LogP contribution in [0.3, 0.4) is 0 Å². The third-order valence-electron chi connectivity index (χ3n) is 4.19. The van der Waals surface area contributed by atoms with Gasteiger partial charge in [0.2, 0.25) is 0 Å². The number of aromatic nitrogens is 1. The lowest BCUT2D eigenvalue weighted by Gasteiger charge is -2.21. The second-order valence-electron chi connectivity index (χ2n) is 5.52. The van der Waals surface area contributed by atoms with Gasteiger partial charge in [-0.15, -0.1) is 0 Å². The lowest BCUT2D eigenvalue weighted by atomic mass is 9.98. The van der Waals surface area contributed by atoms with E-state index in [4.69, 9.17) is 4.74 Å². The van der Waals surface area contributed by atoms with Gasteiger partial charge in [-0.05, 0) is 39.7 Å². The summed E-state index contributed by atoms with van der Waals surface area (Å²) in [5, 5.41) is 0. The van der Waals surface area contributed by atoms with E-state index in [2.05, 4.69) is 18.4 Å². The smallest absolute Gasteiger partial charge is 0.190 e. The van der Waals surface area contributed by atoms with Crippen molar-refractivity contribution in [1.82, 2.24) is 4.57 Å². The Kier molecular flexibility index (Phi) is 4.81. The number of carbonyl (C=O) groups excluding carboxylic acids is 1. The lowest BCUT2D eigenvalue weighted by molar-refractivity contribution is 0.0284. The summed E-state index contributed by atoms with van der Waals surface area (Å²) in [6, 6.07) is 1.99. The first-order valence-corrected chi connectivity index (χ1v) is 7.45.